The molecule has 17 heavy (non-hydrogen) atoms. The van der Waals surface area contributed by atoms with E-state index in [1.54, 1.807) is 11.8 Å². The Labute approximate surface area is 104 Å². The van der Waals surface area contributed by atoms with Crippen LogP contribution in [0.25, 0.3) is 0 Å². The van der Waals surface area contributed by atoms with E-state index in [-0.39, 0.29) is 11.7 Å². The highest BCUT2D eigenvalue weighted by Crippen LogP contribution is 2.28. The fraction of sp³-hybridized carbons (Fsp3) is 0.455. The van der Waals surface area contributed by atoms with Crippen molar-refractivity contribution in [2.75, 3.05) is 17.3 Å². The maximum atomic E-state index is 13.3. The third-order valence-electron chi connectivity index (χ3n) is 2.33. The molecule has 6 heteroatoms. The first-order valence-corrected chi connectivity index (χ1v) is 6.64. The molecule has 0 amide bonds. The molecule has 0 aliphatic heterocycles. The molecule has 0 saturated heterocycles. The SMILES string of the molecule is CSCCC(C)Nc1cccc(F)c1[N+](=O)[O-]. The van der Waals surface area contributed by atoms with Gasteiger partial charge in [-0.05, 0) is 37.5 Å². The molecule has 0 spiro atoms. The van der Waals surface area contributed by atoms with Crippen LogP contribution in [0.3, 0.4) is 0 Å². The monoisotopic (exact) mass is 258 g/mol. The number of halogens is 1. The lowest BCUT2D eigenvalue weighted by Crippen LogP contribution is -2.17. The van der Waals surface area contributed by atoms with Gasteiger partial charge in [0.25, 0.3) is 0 Å². The predicted octanol–water partition coefficient (Wildman–Crippen LogP) is 3.29. The van der Waals surface area contributed by atoms with Crippen molar-refractivity contribution >= 4 is 23.1 Å². The second kappa shape index (κ2) is 6.44. The molecule has 0 radical (unpaired) electrons. The molecule has 1 rings (SSSR count). The Balaban J connectivity index is 2.83. The first-order valence-electron chi connectivity index (χ1n) is 5.24. The summed E-state index contributed by atoms with van der Waals surface area (Å²) < 4.78 is 13.3. The van der Waals surface area contributed by atoms with Gasteiger partial charge in [0.1, 0.15) is 5.69 Å². The highest BCUT2D eigenvalue weighted by molar-refractivity contribution is 7.98. The predicted molar refractivity (Wildman–Crippen MR) is 69.1 cm³/mol. The van der Waals surface area contributed by atoms with E-state index in [1.807, 2.05) is 13.2 Å². The maximum absolute atomic E-state index is 13.3. The third-order valence-corrected chi connectivity index (χ3v) is 2.97. The summed E-state index contributed by atoms with van der Waals surface area (Å²) in [5.74, 6) is 0.147. The molecule has 1 N–H and O–H groups in total. The van der Waals surface area contributed by atoms with Crippen LogP contribution in [0, 0.1) is 15.9 Å². The molecule has 0 aliphatic rings. The zero-order chi connectivity index (χ0) is 12.8. The average Bonchev–Trinajstić information content (AvgIpc) is 2.25. The van der Waals surface area contributed by atoms with Crippen LogP contribution in [0.1, 0.15) is 13.3 Å². The topological polar surface area (TPSA) is 55.2 Å². The molecule has 1 unspecified atom stereocenters. The van der Waals surface area contributed by atoms with Crippen molar-refractivity contribution in [2.45, 2.75) is 19.4 Å². The van der Waals surface area contributed by atoms with Gasteiger partial charge < -0.3 is 5.32 Å². The van der Waals surface area contributed by atoms with Gasteiger partial charge in [-0.3, -0.25) is 10.1 Å². The van der Waals surface area contributed by atoms with Gasteiger partial charge in [0.05, 0.1) is 4.92 Å². The van der Waals surface area contributed by atoms with Gasteiger partial charge in [0.2, 0.25) is 5.82 Å². The smallest absolute Gasteiger partial charge is 0.327 e. The van der Waals surface area contributed by atoms with E-state index < -0.39 is 16.4 Å². The van der Waals surface area contributed by atoms with Crippen molar-refractivity contribution in [2.24, 2.45) is 0 Å². The summed E-state index contributed by atoms with van der Waals surface area (Å²) in [7, 11) is 0. The van der Waals surface area contributed by atoms with Crippen molar-refractivity contribution in [3.8, 4) is 0 Å². The molecule has 0 aromatic heterocycles. The number of hydrogen-bond acceptors (Lipinski definition) is 4. The van der Waals surface area contributed by atoms with Gasteiger partial charge in [-0.1, -0.05) is 6.07 Å². The van der Waals surface area contributed by atoms with Gasteiger partial charge in [0.15, 0.2) is 0 Å². The van der Waals surface area contributed by atoms with Gasteiger partial charge >= 0.3 is 5.69 Å². The summed E-state index contributed by atoms with van der Waals surface area (Å²) in [5, 5.41) is 13.7. The van der Waals surface area contributed by atoms with Gasteiger partial charge in [-0.2, -0.15) is 16.2 Å². The molecule has 94 valence electrons. The van der Waals surface area contributed by atoms with E-state index in [2.05, 4.69) is 5.32 Å². The Kier molecular flexibility index (Phi) is 5.21. The van der Waals surface area contributed by atoms with Crippen LogP contribution in [0.2, 0.25) is 0 Å². The number of benzene rings is 1. The Morgan fingerprint density at radius 1 is 1.59 bits per heavy atom. The second-order valence-electron chi connectivity index (χ2n) is 3.72. The molecule has 0 saturated carbocycles. The number of nitrogens with zero attached hydrogens (tertiary/aromatic N) is 1. The van der Waals surface area contributed by atoms with Crippen LogP contribution in [0.15, 0.2) is 18.2 Å². The quantitative estimate of drug-likeness (QED) is 0.628. The Morgan fingerprint density at radius 2 is 2.29 bits per heavy atom. The first-order chi connectivity index (χ1) is 8.06. The Bertz CT molecular complexity index is 401. The molecule has 0 bridgehead atoms. The lowest BCUT2D eigenvalue weighted by atomic mass is 10.2. The molecular formula is C11H15FN2O2S. The molecule has 1 aromatic rings. The van der Waals surface area contributed by atoms with E-state index in [0.29, 0.717) is 0 Å². The number of nitro benzene ring substituents is 1. The Morgan fingerprint density at radius 3 is 2.88 bits per heavy atom. The lowest BCUT2D eigenvalue weighted by Gasteiger charge is -2.14. The number of nitro groups is 1. The lowest BCUT2D eigenvalue weighted by molar-refractivity contribution is -0.386. The number of hydrogen-bond donors (Lipinski definition) is 1. The van der Waals surface area contributed by atoms with Crippen LogP contribution in [0.5, 0.6) is 0 Å². The summed E-state index contributed by atoms with van der Waals surface area (Å²) in [6.07, 6.45) is 2.87. The highest BCUT2D eigenvalue weighted by atomic mass is 32.2. The van der Waals surface area contributed by atoms with E-state index in [4.69, 9.17) is 0 Å². The zero-order valence-corrected chi connectivity index (χ0v) is 10.6. The van der Waals surface area contributed by atoms with Crippen LogP contribution < -0.4 is 5.32 Å². The van der Waals surface area contributed by atoms with Crippen LogP contribution in [0.4, 0.5) is 15.8 Å². The number of thioether (sulfide) groups is 1. The summed E-state index contributed by atoms with van der Waals surface area (Å²) in [6.45, 7) is 1.92. The minimum Gasteiger partial charge on any atom is -0.377 e. The van der Waals surface area contributed by atoms with Gasteiger partial charge in [-0.25, -0.2) is 0 Å². The second-order valence-corrected chi connectivity index (χ2v) is 4.71. The van der Waals surface area contributed by atoms with Crippen LogP contribution >= 0.6 is 11.8 Å². The molecule has 0 heterocycles. The first kappa shape index (κ1) is 13.8. The number of para-hydroxylation sites is 1. The molecule has 0 aliphatic carbocycles. The fourth-order valence-corrected chi connectivity index (χ4v) is 2.04. The van der Waals surface area contributed by atoms with Gasteiger partial charge in [0, 0.05) is 6.04 Å². The third kappa shape index (κ3) is 3.89. The summed E-state index contributed by atoms with van der Waals surface area (Å²) >= 11 is 1.71. The van der Waals surface area contributed by atoms with E-state index in [1.165, 1.54) is 12.1 Å². The minimum atomic E-state index is -0.808. The molecule has 1 aromatic carbocycles. The Hall–Kier alpha value is -1.30. The summed E-state index contributed by atoms with van der Waals surface area (Å²) in [6, 6.07) is 4.15. The molecular weight excluding hydrogens is 243 g/mol. The van der Waals surface area contributed by atoms with Crippen molar-refractivity contribution in [1.82, 2.24) is 0 Å². The summed E-state index contributed by atoms with van der Waals surface area (Å²) in [5.41, 5.74) is -0.243. The van der Waals surface area contributed by atoms with Gasteiger partial charge in [-0.15, -0.1) is 0 Å². The van der Waals surface area contributed by atoms with Crippen molar-refractivity contribution < 1.29 is 9.31 Å². The standard InChI is InChI=1S/C11H15FN2O2S/c1-8(6-7-17-2)13-10-5-3-4-9(12)11(10)14(15)16/h3-5,8,13H,6-7H2,1-2H3. The van der Waals surface area contributed by atoms with Crippen molar-refractivity contribution in [3.63, 3.8) is 0 Å². The molecule has 0 fully saturated rings. The number of rotatable bonds is 6. The largest absolute Gasteiger partial charge is 0.377 e. The zero-order valence-electron chi connectivity index (χ0n) is 9.77. The van der Waals surface area contributed by atoms with Crippen LogP contribution in [-0.2, 0) is 0 Å². The van der Waals surface area contributed by atoms with E-state index in [0.717, 1.165) is 18.2 Å². The number of nitrogens with one attached hydrogen (secondary N) is 1. The fourth-order valence-electron chi connectivity index (χ4n) is 1.45. The highest BCUT2D eigenvalue weighted by Gasteiger charge is 2.20. The average molecular weight is 258 g/mol. The van der Waals surface area contributed by atoms with E-state index in [9.17, 15) is 14.5 Å². The van der Waals surface area contributed by atoms with Crippen molar-refractivity contribution in [1.29, 1.82) is 0 Å². The normalized spacial score (nSPS) is 12.2. The molecule has 4 nitrogen and oxygen atoms in total. The maximum Gasteiger partial charge on any atom is 0.327 e. The number of anilines is 1. The van der Waals surface area contributed by atoms with Crippen LogP contribution in [-0.4, -0.2) is 23.0 Å². The van der Waals surface area contributed by atoms with Crippen molar-refractivity contribution in [3.05, 3.63) is 34.1 Å². The van der Waals surface area contributed by atoms with E-state index >= 15 is 0 Å². The minimum absolute atomic E-state index is 0.0722. The molecule has 1 atom stereocenters. The summed E-state index contributed by atoms with van der Waals surface area (Å²) in [4.78, 5) is 10.1.